The Bertz CT molecular complexity index is 423. The molecule has 1 fully saturated rings. The molecular formula is C11H16N2O2S. The van der Waals surface area contributed by atoms with Crippen LogP contribution < -0.4 is 0 Å². The highest BCUT2D eigenvalue weighted by Gasteiger charge is 2.09. The third-order valence-electron chi connectivity index (χ3n) is 2.44. The van der Waals surface area contributed by atoms with Crippen LogP contribution in [0.3, 0.4) is 0 Å². The van der Waals surface area contributed by atoms with Gasteiger partial charge in [-0.05, 0) is 37.6 Å². The van der Waals surface area contributed by atoms with Gasteiger partial charge in [0.15, 0.2) is 9.84 Å². The molecule has 0 saturated carbocycles. The molecule has 4 nitrogen and oxygen atoms in total. The summed E-state index contributed by atoms with van der Waals surface area (Å²) in [4.78, 5) is 1.94. The van der Waals surface area contributed by atoms with E-state index in [1.807, 2.05) is 6.20 Å². The molecule has 0 bridgehead atoms. The molecular weight excluding hydrogens is 224 g/mol. The number of rotatable bonds is 3. The Hall–Kier alpha value is -1.28. The van der Waals surface area contributed by atoms with Crippen molar-refractivity contribution in [1.82, 2.24) is 4.90 Å². The van der Waals surface area contributed by atoms with Crippen molar-refractivity contribution in [2.24, 2.45) is 0 Å². The first-order valence-electron chi connectivity index (χ1n) is 5.27. The third kappa shape index (κ3) is 4.07. The Labute approximate surface area is 96.8 Å². The topological polar surface area (TPSA) is 61.2 Å². The first-order valence-corrected chi connectivity index (χ1v) is 7.16. The first-order chi connectivity index (χ1) is 7.54. The molecule has 0 N–H and O–H groups in total. The number of nitrogens with zero attached hydrogens (tertiary/aromatic N) is 2. The highest BCUT2D eigenvalue weighted by Crippen LogP contribution is 2.09. The van der Waals surface area contributed by atoms with Gasteiger partial charge < -0.3 is 4.90 Å². The van der Waals surface area contributed by atoms with Crippen molar-refractivity contribution < 1.29 is 8.42 Å². The van der Waals surface area contributed by atoms with Crippen LogP contribution in [0.5, 0.6) is 0 Å². The predicted octanol–water partition coefficient (Wildman–Crippen LogP) is 1.44. The smallest absolute Gasteiger partial charge is 0.185 e. The summed E-state index contributed by atoms with van der Waals surface area (Å²) < 4.78 is 22.2. The van der Waals surface area contributed by atoms with Crippen molar-refractivity contribution in [2.75, 3.05) is 19.3 Å². The summed E-state index contributed by atoms with van der Waals surface area (Å²) in [5.74, 6) is 0. The molecule has 0 radical (unpaired) electrons. The van der Waals surface area contributed by atoms with Crippen LogP contribution in [0.1, 0.15) is 19.3 Å². The third-order valence-corrected chi connectivity index (χ3v) is 3.47. The molecule has 0 unspecified atom stereocenters. The molecule has 1 rings (SSSR count). The highest BCUT2D eigenvalue weighted by molar-refractivity contribution is 7.94. The minimum atomic E-state index is -3.39. The highest BCUT2D eigenvalue weighted by atomic mass is 32.2. The van der Waals surface area contributed by atoms with Crippen LogP contribution in [0.4, 0.5) is 0 Å². The monoisotopic (exact) mass is 240 g/mol. The van der Waals surface area contributed by atoms with E-state index in [0.717, 1.165) is 19.3 Å². The zero-order valence-electron chi connectivity index (χ0n) is 9.39. The van der Waals surface area contributed by atoms with Gasteiger partial charge >= 0.3 is 0 Å². The van der Waals surface area contributed by atoms with E-state index in [1.165, 1.54) is 25.3 Å². The van der Waals surface area contributed by atoms with Gasteiger partial charge in [0, 0.05) is 19.3 Å². The number of likely N-dealkylation sites (tertiary alicyclic amines) is 1. The van der Waals surface area contributed by atoms with Crippen molar-refractivity contribution in [3.8, 4) is 6.07 Å². The fourth-order valence-electron chi connectivity index (χ4n) is 1.56. The maximum absolute atomic E-state index is 11.1. The summed E-state index contributed by atoms with van der Waals surface area (Å²) in [6, 6.07) is 1.68. The molecule has 0 aromatic rings. The van der Waals surface area contributed by atoms with Gasteiger partial charge in [-0.3, -0.25) is 0 Å². The van der Waals surface area contributed by atoms with Crippen molar-refractivity contribution in [1.29, 1.82) is 5.26 Å². The quantitative estimate of drug-likeness (QED) is 0.553. The SMILES string of the molecule is CS(=O)(=O)/C(C#N)=C/C=C/N1CCCCC1. The van der Waals surface area contributed by atoms with Crippen LogP contribution in [0.2, 0.25) is 0 Å². The largest absolute Gasteiger partial charge is 0.377 e. The zero-order valence-corrected chi connectivity index (χ0v) is 10.2. The maximum Gasteiger partial charge on any atom is 0.185 e. The van der Waals surface area contributed by atoms with Gasteiger partial charge in [0.1, 0.15) is 11.0 Å². The summed E-state index contributed by atoms with van der Waals surface area (Å²) in [6.07, 6.45) is 9.47. The lowest BCUT2D eigenvalue weighted by atomic mass is 10.1. The lowest BCUT2D eigenvalue weighted by Crippen LogP contribution is -2.23. The average Bonchev–Trinajstić information content (AvgIpc) is 2.24. The van der Waals surface area contributed by atoms with E-state index < -0.39 is 9.84 Å². The van der Waals surface area contributed by atoms with E-state index in [9.17, 15) is 8.42 Å². The number of piperidine rings is 1. The molecule has 0 aromatic heterocycles. The molecule has 0 atom stereocenters. The van der Waals surface area contributed by atoms with Crippen molar-refractivity contribution in [2.45, 2.75) is 19.3 Å². The van der Waals surface area contributed by atoms with E-state index >= 15 is 0 Å². The standard InChI is InChI=1S/C11H16N2O2S/c1-16(14,15)11(10-12)6-5-9-13-7-3-2-4-8-13/h5-6,9H,2-4,7-8H2,1H3/b9-5+,11-6+. The van der Waals surface area contributed by atoms with E-state index in [1.54, 1.807) is 12.1 Å². The zero-order chi connectivity index (χ0) is 12.0. The molecule has 0 aromatic carbocycles. The van der Waals surface area contributed by atoms with Crippen LogP contribution in [-0.2, 0) is 9.84 Å². The lowest BCUT2D eigenvalue weighted by Gasteiger charge is -2.24. The van der Waals surface area contributed by atoms with Crippen molar-refractivity contribution in [3.63, 3.8) is 0 Å². The number of hydrogen-bond donors (Lipinski definition) is 0. The van der Waals surface area contributed by atoms with E-state index in [0.29, 0.717) is 0 Å². The predicted molar refractivity (Wildman–Crippen MR) is 63.1 cm³/mol. The molecule has 1 aliphatic rings. The molecule has 5 heteroatoms. The van der Waals surface area contributed by atoms with Crippen LogP contribution in [0.25, 0.3) is 0 Å². The number of nitriles is 1. The summed E-state index contributed by atoms with van der Waals surface area (Å²) in [5.41, 5.74) is 0. The van der Waals surface area contributed by atoms with Crippen LogP contribution in [0, 0.1) is 11.3 Å². The Morgan fingerprint density at radius 3 is 2.44 bits per heavy atom. The molecule has 1 saturated heterocycles. The van der Waals surface area contributed by atoms with Crippen LogP contribution in [-0.4, -0.2) is 32.7 Å². The van der Waals surface area contributed by atoms with Gasteiger partial charge in [-0.1, -0.05) is 0 Å². The minimum Gasteiger partial charge on any atom is -0.377 e. The van der Waals surface area contributed by atoms with Gasteiger partial charge in [0.05, 0.1) is 0 Å². The minimum absolute atomic E-state index is 0.194. The molecule has 16 heavy (non-hydrogen) atoms. The average molecular weight is 240 g/mol. The van der Waals surface area contributed by atoms with Gasteiger partial charge in [0.2, 0.25) is 0 Å². The molecule has 0 spiro atoms. The Morgan fingerprint density at radius 1 is 1.31 bits per heavy atom. The Morgan fingerprint density at radius 2 is 1.94 bits per heavy atom. The van der Waals surface area contributed by atoms with Gasteiger partial charge in [-0.25, -0.2) is 8.42 Å². The number of allylic oxidation sites excluding steroid dienone is 3. The molecule has 1 heterocycles. The van der Waals surface area contributed by atoms with E-state index in [4.69, 9.17) is 5.26 Å². The summed E-state index contributed by atoms with van der Waals surface area (Å²) >= 11 is 0. The number of hydrogen-bond acceptors (Lipinski definition) is 4. The summed E-state index contributed by atoms with van der Waals surface area (Å²) in [6.45, 7) is 2.01. The summed E-state index contributed by atoms with van der Waals surface area (Å²) in [7, 11) is -3.39. The fourth-order valence-corrected chi connectivity index (χ4v) is 2.05. The molecule has 1 aliphatic heterocycles. The maximum atomic E-state index is 11.1. The Kier molecular flexibility index (Phi) is 4.56. The lowest BCUT2D eigenvalue weighted by molar-refractivity contribution is 0.309. The normalized spacial score (nSPS) is 18.8. The second-order valence-electron chi connectivity index (χ2n) is 3.85. The molecule has 0 amide bonds. The fraction of sp³-hybridized carbons (Fsp3) is 0.545. The van der Waals surface area contributed by atoms with Gasteiger partial charge in [-0.15, -0.1) is 0 Å². The van der Waals surface area contributed by atoms with Gasteiger partial charge in [0.25, 0.3) is 0 Å². The van der Waals surface area contributed by atoms with Gasteiger partial charge in [-0.2, -0.15) is 5.26 Å². The second kappa shape index (κ2) is 5.71. The Balaban J connectivity index is 2.63. The molecule has 88 valence electrons. The molecule has 0 aliphatic carbocycles. The van der Waals surface area contributed by atoms with Crippen LogP contribution in [0.15, 0.2) is 23.3 Å². The summed E-state index contributed by atoms with van der Waals surface area (Å²) in [5, 5.41) is 8.65. The van der Waals surface area contributed by atoms with E-state index in [2.05, 4.69) is 4.90 Å². The van der Waals surface area contributed by atoms with E-state index in [-0.39, 0.29) is 4.91 Å². The first kappa shape index (κ1) is 12.8. The van der Waals surface area contributed by atoms with Crippen molar-refractivity contribution in [3.05, 3.63) is 23.3 Å². The number of sulfone groups is 1. The van der Waals surface area contributed by atoms with Crippen molar-refractivity contribution >= 4 is 9.84 Å². The second-order valence-corrected chi connectivity index (χ2v) is 5.84. The van der Waals surface area contributed by atoms with Crippen LogP contribution >= 0.6 is 0 Å².